The van der Waals surface area contributed by atoms with E-state index in [1.54, 1.807) is 12.1 Å². The number of amides is 1. The van der Waals surface area contributed by atoms with Crippen LogP contribution >= 0.6 is 0 Å². The molecule has 7 nitrogen and oxygen atoms in total. The molecule has 1 aliphatic rings. The molecule has 142 valence electrons. The Balaban J connectivity index is 1.80. The van der Waals surface area contributed by atoms with Crippen molar-refractivity contribution in [1.82, 2.24) is 10.2 Å². The Kier molecular flexibility index (Phi) is 5.71. The summed E-state index contributed by atoms with van der Waals surface area (Å²) in [7, 11) is 3.87. The second-order valence-electron chi connectivity index (χ2n) is 7.11. The zero-order chi connectivity index (χ0) is 19.4. The van der Waals surface area contributed by atoms with Crippen molar-refractivity contribution >= 4 is 17.3 Å². The van der Waals surface area contributed by atoms with E-state index in [1.807, 2.05) is 49.3 Å². The number of nitro groups is 1. The lowest BCUT2D eigenvalue weighted by Crippen LogP contribution is -2.35. The van der Waals surface area contributed by atoms with Gasteiger partial charge in [0.25, 0.3) is 11.6 Å². The van der Waals surface area contributed by atoms with Gasteiger partial charge in [0.1, 0.15) is 5.69 Å². The van der Waals surface area contributed by atoms with E-state index in [0.29, 0.717) is 18.3 Å². The topological polar surface area (TPSA) is 87.5 Å². The summed E-state index contributed by atoms with van der Waals surface area (Å²) >= 11 is 0. The Hall–Kier alpha value is -2.93. The smallest absolute Gasteiger partial charge is 0.293 e. The first-order valence-electron chi connectivity index (χ1n) is 8.99. The molecule has 1 fully saturated rings. The van der Waals surface area contributed by atoms with Gasteiger partial charge >= 0.3 is 0 Å². The van der Waals surface area contributed by atoms with Crippen molar-refractivity contribution in [3.05, 3.63) is 69.8 Å². The van der Waals surface area contributed by atoms with Crippen molar-refractivity contribution in [2.24, 2.45) is 0 Å². The highest BCUT2D eigenvalue weighted by Gasteiger charge is 2.26. The molecule has 0 radical (unpaired) electrons. The first-order valence-corrected chi connectivity index (χ1v) is 8.99. The van der Waals surface area contributed by atoms with Gasteiger partial charge in [0.2, 0.25) is 0 Å². The van der Waals surface area contributed by atoms with Crippen LogP contribution in [-0.2, 0) is 0 Å². The van der Waals surface area contributed by atoms with Crippen molar-refractivity contribution in [3.8, 4) is 0 Å². The van der Waals surface area contributed by atoms with Gasteiger partial charge in [-0.05, 0) is 44.6 Å². The molecule has 2 aromatic carbocycles. The van der Waals surface area contributed by atoms with Gasteiger partial charge < -0.3 is 15.5 Å². The summed E-state index contributed by atoms with van der Waals surface area (Å²) in [5.41, 5.74) is 1.66. The van der Waals surface area contributed by atoms with Crippen LogP contribution in [-0.4, -0.2) is 42.4 Å². The van der Waals surface area contributed by atoms with Crippen LogP contribution in [0.4, 0.5) is 11.4 Å². The average molecular weight is 368 g/mol. The monoisotopic (exact) mass is 368 g/mol. The number of likely N-dealkylation sites (N-methyl/N-ethyl adjacent to an activating group) is 1. The minimum Gasteiger partial charge on any atom is -0.377 e. The van der Waals surface area contributed by atoms with Crippen molar-refractivity contribution in [2.75, 3.05) is 26.0 Å². The molecule has 0 bridgehead atoms. The van der Waals surface area contributed by atoms with Crippen LogP contribution in [0.3, 0.4) is 0 Å². The molecule has 0 heterocycles. The molecule has 0 aliphatic heterocycles. The van der Waals surface area contributed by atoms with E-state index in [-0.39, 0.29) is 23.2 Å². The van der Waals surface area contributed by atoms with Crippen LogP contribution in [0, 0.1) is 10.1 Å². The van der Waals surface area contributed by atoms with Crippen LogP contribution in [0.5, 0.6) is 0 Å². The van der Waals surface area contributed by atoms with Crippen LogP contribution in [0.15, 0.2) is 48.5 Å². The third kappa shape index (κ3) is 5.04. The molecular formula is C20H24N4O3. The van der Waals surface area contributed by atoms with E-state index in [0.717, 1.165) is 18.4 Å². The Labute approximate surface area is 158 Å². The lowest BCUT2D eigenvalue weighted by molar-refractivity contribution is -0.384. The first kappa shape index (κ1) is 18.8. The molecule has 7 heteroatoms. The maximum absolute atomic E-state index is 12.8. The first-order chi connectivity index (χ1) is 12.9. The van der Waals surface area contributed by atoms with E-state index in [1.165, 1.54) is 6.07 Å². The van der Waals surface area contributed by atoms with E-state index >= 15 is 0 Å². The molecule has 2 aromatic rings. The number of nitro benzene ring substituents is 1. The summed E-state index contributed by atoms with van der Waals surface area (Å²) in [6.45, 7) is 0.624. The average Bonchev–Trinajstić information content (AvgIpc) is 3.45. The maximum Gasteiger partial charge on any atom is 0.293 e. The molecule has 1 atom stereocenters. The molecule has 2 N–H and O–H groups in total. The predicted molar refractivity (Wildman–Crippen MR) is 105 cm³/mol. The fourth-order valence-corrected chi connectivity index (χ4v) is 2.92. The Morgan fingerprint density at radius 3 is 2.52 bits per heavy atom. The lowest BCUT2D eigenvalue weighted by Gasteiger charge is -2.23. The Morgan fingerprint density at radius 2 is 1.93 bits per heavy atom. The third-order valence-corrected chi connectivity index (χ3v) is 4.45. The highest BCUT2D eigenvalue weighted by molar-refractivity contribution is 5.96. The molecule has 1 aliphatic carbocycles. The number of hydrogen-bond donors (Lipinski definition) is 2. The number of nitrogens with zero attached hydrogens (tertiary/aromatic N) is 2. The minimum absolute atomic E-state index is 0.0709. The zero-order valence-corrected chi connectivity index (χ0v) is 15.5. The van der Waals surface area contributed by atoms with E-state index in [2.05, 4.69) is 10.6 Å². The summed E-state index contributed by atoms with van der Waals surface area (Å²) in [4.78, 5) is 25.7. The minimum atomic E-state index is -0.448. The number of benzene rings is 2. The Morgan fingerprint density at radius 1 is 1.22 bits per heavy atom. The van der Waals surface area contributed by atoms with Crippen molar-refractivity contribution in [1.29, 1.82) is 0 Å². The highest BCUT2D eigenvalue weighted by Crippen LogP contribution is 2.31. The molecule has 0 saturated heterocycles. The second-order valence-corrected chi connectivity index (χ2v) is 7.11. The van der Waals surface area contributed by atoms with Gasteiger partial charge in [-0.3, -0.25) is 14.9 Å². The number of anilines is 1. The summed E-state index contributed by atoms with van der Waals surface area (Å²) in [6, 6.07) is 14.4. The fraction of sp³-hybridized carbons (Fsp3) is 0.350. The van der Waals surface area contributed by atoms with Crippen LogP contribution < -0.4 is 10.6 Å². The second kappa shape index (κ2) is 8.18. The molecule has 1 amide bonds. The normalized spacial score (nSPS) is 14.6. The number of carbonyl (C=O) groups excluding carboxylic acids is 1. The standard InChI is InChI=1S/C20H24N4O3/c1-23(2)13-18(14-6-4-3-5-7-14)22-20(25)15-8-11-17(21-16-9-10-16)19(12-15)24(26)27/h3-8,11-12,16,18,21H,9-10,13H2,1-2H3,(H,22,25)/t18-/m1/s1. The zero-order valence-electron chi connectivity index (χ0n) is 15.5. The van der Waals surface area contributed by atoms with Gasteiger partial charge in [-0.15, -0.1) is 0 Å². The highest BCUT2D eigenvalue weighted by atomic mass is 16.6. The summed E-state index contributed by atoms with van der Waals surface area (Å²) in [5, 5.41) is 17.6. The van der Waals surface area contributed by atoms with Crippen molar-refractivity contribution in [2.45, 2.75) is 24.9 Å². The number of hydrogen-bond acceptors (Lipinski definition) is 5. The van der Waals surface area contributed by atoms with Gasteiger partial charge in [0, 0.05) is 24.2 Å². The SMILES string of the molecule is CN(C)C[C@@H](NC(=O)c1ccc(NC2CC2)c([N+](=O)[O-])c1)c1ccccc1. The fourth-order valence-electron chi connectivity index (χ4n) is 2.92. The van der Waals surface area contributed by atoms with Crippen LogP contribution in [0.1, 0.15) is 34.8 Å². The van der Waals surface area contributed by atoms with Crippen molar-refractivity contribution in [3.63, 3.8) is 0 Å². The van der Waals surface area contributed by atoms with E-state index in [9.17, 15) is 14.9 Å². The number of rotatable bonds is 8. The van der Waals surface area contributed by atoms with E-state index in [4.69, 9.17) is 0 Å². The molecule has 0 unspecified atom stereocenters. The van der Waals surface area contributed by atoms with Crippen molar-refractivity contribution < 1.29 is 9.72 Å². The maximum atomic E-state index is 12.8. The number of nitrogens with one attached hydrogen (secondary N) is 2. The largest absolute Gasteiger partial charge is 0.377 e. The molecular weight excluding hydrogens is 344 g/mol. The summed E-state index contributed by atoms with van der Waals surface area (Å²) < 4.78 is 0. The lowest BCUT2D eigenvalue weighted by atomic mass is 10.1. The number of carbonyl (C=O) groups is 1. The predicted octanol–water partition coefficient (Wildman–Crippen LogP) is 3.20. The molecule has 0 aromatic heterocycles. The van der Waals surface area contributed by atoms with Gasteiger partial charge in [-0.25, -0.2) is 0 Å². The third-order valence-electron chi connectivity index (χ3n) is 4.45. The van der Waals surface area contributed by atoms with Crippen LogP contribution in [0.25, 0.3) is 0 Å². The Bertz CT molecular complexity index is 819. The van der Waals surface area contributed by atoms with Gasteiger partial charge in [-0.2, -0.15) is 0 Å². The summed E-state index contributed by atoms with van der Waals surface area (Å²) in [6.07, 6.45) is 2.03. The quantitative estimate of drug-likeness (QED) is 0.552. The molecule has 27 heavy (non-hydrogen) atoms. The molecule has 0 spiro atoms. The van der Waals surface area contributed by atoms with Gasteiger partial charge in [0.15, 0.2) is 0 Å². The van der Waals surface area contributed by atoms with Crippen LogP contribution in [0.2, 0.25) is 0 Å². The van der Waals surface area contributed by atoms with Gasteiger partial charge in [0.05, 0.1) is 11.0 Å². The summed E-state index contributed by atoms with van der Waals surface area (Å²) in [5.74, 6) is -0.327. The molecule has 3 rings (SSSR count). The van der Waals surface area contributed by atoms with Gasteiger partial charge in [-0.1, -0.05) is 30.3 Å². The van der Waals surface area contributed by atoms with E-state index < -0.39 is 4.92 Å². The molecule has 1 saturated carbocycles.